The van der Waals surface area contributed by atoms with Crippen LogP contribution in [-0.4, -0.2) is 48.8 Å². The average molecular weight is 647 g/mol. The highest BCUT2D eigenvalue weighted by molar-refractivity contribution is 7.92. The lowest BCUT2D eigenvalue weighted by Gasteiger charge is -2.28. The van der Waals surface area contributed by atoms with E-state index in [1.807, 2.05) is 18.3 Å². The normalized spacial score (nSPS) is 14.4. The molecule has 0 spiro atoms. The first kappa shape index (κ1) is 30.1. The molecule has 1 unspecified atom stereocenters. The van der Waals surface area contributed by atoms with Gasteiger partial charge in [0.15, 0.2) is 0 Å². The number of nitrogens with one attached hydrogen (secondary N) is 2. The molecular weight excluding hydrogens is 621 g/mol. The second kappa shape index (κ2) is 13.3. The predicted octanol–water partition coefficient (Wildman–Crippen LogP) is 6.60. The molecule has 1 aliphatic rings. The Kier molecular flexibility index (Phi) is 9.50. The highest BCUT2D eigenvalue weighted by Gasteiger charge is 2.24. The zero-order valence-corrected chi connectivity index (χ0v) is 25.2. The minimum absolute atomic E-state index is 0.0127. The summed E-state index contributed by atoms with van der Waals surface area (Å²) in [5.74, 6) is 0.0705. The fourth-order valence-electron chi connectivity index (χ4n) is 4.59. The van der Waals surface area contributed by atoms with E-state index in [-0.39, 0.29) is 43.5 Å². The van der Waals surface area contributed by atoms with E-state index in [0.29, 0.717) is 17.9 Å². The molecule has 1 atom stereocenters. The van der Waals surface area contributed by atoms with E-state index in [1.165, 1.54) is 30.5 Å². The monoisotopic (exact) mass is 645 g/mol. The summed E-state index contributed by atoms with van der Waals surface area (Å²) >= 11 is 18.0. The molecule has 0 aliphatic carbocycles. The van der Waals surface area contributed by atoms with Gasteiger partial charge in [-0.2, -0.15) is 0 Å². The molecule has 1 saturated heterocycles. The summed E-state index contributed by atoms with van der Waals surface area (Å²) in [7, 11) is -4.07. The quantitative estimate of drug-likeness (QED) is 0.200. The zero-order chi connectivity index (χ0) is 29.7. The second-order valence-electron chi connectivity index (χ2n) is 9.57. The molecule has 2 N–H and O–H groups in total. The van der Waals surface area contributed by atoms with Crippen LogP contribution in [0.5, 0.6) is 11.6 Å². The molecule has 1 fully saturated rings. The Morgan fingerprint density at radius 2 is 1.74 bits per heavy atom. The van der Waals surface area contributed by atoms with Crippen LogP contribution in [0.2, 0.25) is 15.1 Å². The zero-order valence-electron chi connectivity index (χ0n) is 22.1. The summed E-state index contributed by atoms with van der Waals surface area (Å²) in [6.07, 6.45) is 7.17. The molecule has 3 heterocycles. The summed E-state index contributed by atoms with van der Waals surface area (Å²) in [6.45, 7) is 2.40. The number of ether oxygens (including phenoxy) is 1. The van der Waals surface area contributed by atoms with Gasteiger partial charge < -0.3 is 10.1 Å². The molecule has 218 valence electrons. The third-order valence-electron chi connectivity index (χ3n) is 6.70. The van der Waals surface area contributed by atoms with Crippen molar-refractivity contribution < 1.29 is 17.9 Å². The van der Waals surface area contributed by atoms with Crippen molar-refractivity contribution in [1.82, 2.24) is 20.2 Å². The van der Waals surface area contributed by atoms with E-state index in [9.17, 15) is 13.2 Å². The van der Waals surface area contributed by atoms with Gasteiger partial charge in [0, 0.05) is 30.7 Å². The van der Waals surface area contributed by atoms with Crippen LogP contribution in [0.25, 0.3) is 0 Å². The van der Waals surface area contributed by atoms with Crippen LogP contribution in [0.15, 0.2) is 84.1 Å². The number of likely N-dealkylation sites (tertiary alicyclic amines) is 1. The lowest BCUT2D eigenvalue weighted by Crippen LogP contribution is -2.36. The van der Waals surface area contributed by atoms with Crippen LogP contribution in [-0.2, 0) is 10.0 Å². The van der Waals surface area contributed by atoms with Crippen LogP contribution < -0.4 is 14.8 Å². The molecule has 4 aromatic rings. The number of anilines is 1. The first-order valence-corrected chi connectivity index (χ1v) is 15.6. The van der Waals surface area contributed by atoms with Gasteiger partial charge in [0.05, 0.1) is 26.0 Å². The molecule has 1 amide bonds. The number of rotatable bonds is 10. The van der Waals surface area contributed by atoms with Gasteiger partial charge in [-0.1, -0.05) is 40.9 Å². The smallest absolute Gasteiger partial charge is 0.262 e. The van der Waals surface area contributed by atoms with Crippen LogP contribution in [0, 0.1) is 0 Å². The summed E-state index contributed by atoms with van der Waals surface area (Å²) in [6, 6.07) is 15.7. The van der Waals surface area contributed by atoms with Crippen molar-refractivity contribution in [3.05, 3.63) is 105 Å². The first-order chi connectivity index (χ1) is 20.2. The minimum Gasteiger partial charge on any atom is -0.437 e. The molecule has 2 aromatic heterocycles. The number of amides is 1. The van der Waals surface area contributed by atoms with Crippen molar-refractivity contribution in [2.45, 2.75) is 23.8 Å². The van der Waals surface area contributed by atoms with Crippen LogP contribution in [0.1, 0.15) is 34.8 Å². The number of carbonyl (C=O) groups is 1. The summed E-state index contributed by atoms with van der Waals surface area (Å²) in [5, 5.41) is 3.55. The number of carbonyl (C=O) groups excluding carboxylic acids is 1. The van der Waals surface area contributed by atoms with Gasteiger partial charge in [0.1, 0.15) is 11.4 Å². The topological polar surface area (TPSA) is 114 Å². The van der Waals surface area contributed by atoms with Crippen LogP contribution in [0.3, 0.4) is 0 Å². The number of pyridine rings is 2. The van der Waals surface area contributed by atoms with E-state index in [2.05, 4.69) is 24.9 Å². The second-order valence-corrected chi connectivity index (χ2v) is 12.5. The highest BCUT2D eigenvalue weighted by Crippen LogP contribution is 2.33. The van der Waals surface area contributed by atoms with E-state index < -0.39 is 10.0 Å². The maximum absolute atomic E-state index is 13.0. The number of aromatic nitrogens is 2. The maximum atomic E-state index is 13.0. The third-order valence-corrected chi connectivity index (χ3v) is 9.01. The first-order valence-electron chi connectivity index (χ1n) is 13.0. The standard InChI is InChI=1S/C29H26Cl3N5O4S/c30-21-14-26(36-42(39,40)23-9-10-24(31)25(32)15-23)29(35-17-21)41-22-7-5-19(6-8-22)28(38)34-18-27(37-12-1-2-13-37)20-4-3-11-33-16-20/h3-11,14-17,27,36H,1-2,12-13,18H2,(H,34,38). The van der Waals surface area contributed by atoms with Crippen LogP contribution >= 0.6 is 34.8 Å². The molecular formula is C29H26Cl3N5O4S. The number of hydrogen-bond donors (Lipinski definition) is 2. The Morgan fingerprint density at radius 1 is 0.976 bits per heavy atom. The van der Waals surface area contributed by atoms with Gasteiger partial charge in [0.2, 0.25) is 5.88 Å². The summed E-state index contributed by atoms with van der Waals surface area (Å²) in [4.78, 5) is 23.6. The van der Waals surface area contributed by atoms with Gasteiger partial charge in [-0.15, -0.1) is 0 Å². The van der Waals surface area contributed by atoms with E-state index in [4.69, 9.17) is 39.5 Å². The molecule has 42 heavy (non-hydrogen) atoms. The summed E-state index contributed by atoms with van der Waals surface area (Å²) in [5.41, 5.74) is 1.52. The van der Waals surface area contributed by atoms with Crippen molar-refractivity contribution >= 4 is 56.4 Å². The average Bonchev–Trinajstić information content (AvgIpc) is 3.51. The molecule has 0 radical (unpaired) electrons. The van der Waals surface area contributed by atoms with Crippen molar-refractivity contribution in [2.75, 3.05) is 24.4 Å². The number of hydrogen-bond acceptors (Lipinski definition) is 7. The predicted molar refractivity (Wildman–Crippen MR) is 163 cm³/mol. The number of benzene rings is 2. The fraction of sp³-hybridized carbons (Fsp3) is 0.207. The molecule has 2 aromatic carbocycles. The maximum Gasteiger partial charge on any atom is 0.262 e. The van der Waals surface area contributed by atoms with E-state index in [0.717, 1.165) is 31.5 Å². The Morgan fingerprint density at radius 3 is 2.43 bits per heavy atom. The SMILES string of the molecule is O=C(NCC(c1cccnc1)N1CCCC1)c1ccc(Oc2ncc(Cl)cc2NS(=O)(=O)c2ccc(Cl)c(Cl)c2)cc1. The molecule has 13 heteroatoms. The molecule has 9 nitrogen and oxygen atoms in total. The van der Waals surface area contributed by atoms with Crippen LogP contribution in [0.4, 0.5) is 5.69 Å². The van der Waals surface area contributed by atoms with Gasteiger partial charge >= 0.3 is 0 Å². The van der Waals surface area contributed by atoms with Crippen molar-refractivity contribution in [3.8, 4) is 11.6 Å². The van der Waals surface area contributed by atoms with Gasteiger partial charge in [-0.05, 0) is 86.1 Å². The Labute approximate surface area is 258 Å². The Bertz CT molecular complexity index is 1670. The minimum atomic E-state index is -4.07. The largest absolute Gasteiger partial charge is 0.437 e. The van der Waals surface area contributed by atoms with Gasteiger partial charge in [-0.25, -0.2) is 13.4 Å². The van der Waals surface area contributed by atoms with Crippen molar-refractivity contribution in [2.24, 2.45) is 0 Å². The lowest BCUT2D eigenvalue weighted by atomic mass is 10.1. The highest BCUT2D eigenvalue weighted by atomic mass is 35.5. The molecule has 1 aliphatic heterocycles. The number of nitrogens with zero attached hydrogens (tertiary/aromatic N) is 3. The van der Waals surface area contributed by atoms with Crippen molar-refractivity contribution in [1.29, 1.82) is 0 Å². The fourth-order valence-corrected chi connectivity index (χ4v) is 6.18. The summed E-state index contributed by atoms with van der Waals surface area (Å²) < 4.78 is 34.3. The lowest BCUT2D eigenvalue weighted by molar-refractivity contribution is 0.0938. The Balaban J connectivity index is 1.27. The molecule has 5 rings (SSSR count). The third kappa shape index (κ3) is 7.32. The van der Waals surface area contributed by atoms with Gasteiger partial charge in [0.25, 0.3) is 15.9 Å². The number of sulfonamides is 1. The van der Waals surface area contributed by atoms with Gasteiger partial charge in [-0.3, -0.25) is 19.4 Å². The van der Waals surface area contributed by atoms with E-state index in [1.54, 1.807) is 30.5 Å². The Hall–Kier alpha value is -3.41. The molecule has 0 bridgehead atoms. The molecule has 0 saturated carbocycles. The van der Waals surface area contributed by atoms with Crippen molar-refractivity contribution in [3.63, 3.8) is 0 Å². The number of halogens is 3. The van der Waals surface area contributed by atoms with E-state index >= 15 is 0 Å².